The molecule has 0 aliphatic heterocycles. The molecule has 8 nitrogen and oxygen atoms in total. The van der Waals surface area contributed by atoms with Gasteiger partial charge in [0.15, 0.2) is 6.61 Å². The molecule has 0 atom stereocenters. The van der Waals surface area contributed by atoms with E-state index in [4.69, 9.17) is 4.74 Å². The van der Waals surface area contributed by atoms with Crippen molar-refractivity contribution >= 4 is 33.7 Å². The van der Waals surface area contributed by atoms with Crippen LogP contribution in [0.2, 0.25) is 0 Å². The Kier molecular flexibility index (Phi) is 6.29. The standard InChI is InChI=1S/C17H16BrN3O5/c1-10-4-3-5-11(2)17(10)26-9-15(22)20-19-8-12-6-13(18)7-14(16(12)23)21(24)25/h3-8,23H,9H2,1-2H3,(H,20,22)/p-1/b19-8-. The molecule has 136 valence electrons. The Morgan fingerprint density at radius 3 is 2.62 bits per heavy atom. The lowest BCUT2D eigenvalue weighted by molar-refractivity contribution is -0.398. The van der Waals surface area contributed by atoms with E-state index in [1.54, 1.807) is 0 Å². The average molecular weight is 421 g/mol. The molecular weight excluding hydrogens is 406 g/mol. The zero-order chi connectivity index (χ0) is 19.3. The number of halogens is 1. The van der Waals surface area contributed by atoms with E-state index in [0.29, 0.717) is 10.2 Å². The number of carbonyl (C=O) groups excluding carboxylic acids is 1. The van der Waals surface area contributed by atoms with Crippen LogP contribution in [0, 0.1) is 24.0 Å². The minimum absolute atomic E-state index is 0.0259. The maximum absolute atomic E-state index is 11.9. The van der Waals surface area contributed by atoms with Crippen LogP contribution in [-0.4, -0.2) is 23.7 Å². The summed E-state index contributed by atoms with van der Waals surface area (Å²) < 4.78 is 5.84. The third-order valence-electron chi connectivity index (χ3n) is 3.41. The Labute approximate surface area is 157 Å². The number of ether oxygens (including phenoxy) is 1. The number of amides is 1. The van der Waals surface area contributed by atoms with Gasteiger partial charge in [-0.2, -0.15) is 5.10 Å². The molecule has 0 fully saturated rings. The molecule has 0 saturated carbocycles. The number of hydrogen-bond donors (Lipinski definition) is 1. The molecule has 2 rings (SSSR count). The van der Waals surface area contributed by atoms with Crippen LogP contribution in [-0.2, 0) is 4.79 Å². The molecule has 2 aromatic carbocycles. The Balaban J connectivity index is 2.00. The van der Waals surface area contributed by atoms with Gasteiger partial charge in [-0.05, 0) is 42.4 Å². The van der Waals surface area contributed by atoms with Crippen molar-refractivity contribution in [3.63, 3.8) is 0 Å². The second-order valence-electron chi connectivity index (χ2n) is 5.40. The van der Waals surface area contributed by atoms with E-state index in [-0.39, 0.29) is 12.2 Å². The summed E-state index contributed by atoms with van der Waals surface area (Å²) in [4.78, 5) is 21.9. The highest BCUT2D eigenvalue weighted by atomic mass is 79.9. The molecule has 0 bridgehead atoms. The van der Waals surface area contributed by atoms with Crippen molar-refractivity contribution in [3.05, 3.63) is 61.6 Å². The van der Waals surface area contributed by atoms with E-state index in [1.807, 2.05) is 32.0 Å². The number of nitrogens with zero attached hydrogens (tertiary/aromatic N) is 2. The Bertz CT molecular complexity index is 863. The second kappa shape index (κ2) is 8.43. The molecule has 0 aromatic heterocycles. The lowest BCUT2D eigenvalue weighted by atomic mass is 10.1. The molecule has 9 heteroatoms. The zero-order valence-corrected chi connectivity index (χ0v) is 15.6. The predicted molar refractivity (Wildman–Crippen MR) is 97.4 cm³/mol. The summed E-state index contributed by atoms with van der Waals surface area (Å²) >= 11 is 3.09. The number of nitrogens with one attached hydrogen (secondary N) is 1. The van der Waals surface area contributed by atoms with E-state index in [9.17, 15) is 20.0 Å². The summed E-state index contributed by atoms with van der Waals surface area (Å²) in [5.74, 6) is -0.695. The number of aryl methyl sites for hydroxylation is 2. The summed E-state index contributed by atoms with van der Waals surface area (Å²) in [6, 6.07) is 8.11. The van der Waals surface area contributed by atoms with Gasteiger partial charge in [-0.1, -0.05) is 34.1 Å². The molecule has 1 amide bonds. The zero-order valence-electron chi connectivity index (χ0n) is 14.0. The summed E-state index contributed by atoms with van der Waals surface area (Å²) in [6.45, 7) is 3.48. The number of hydrogen-bond acceptors (Lipinski definition) is 6. The number of carbonyl (C=O) groups is 1. The minimum atomic E-state index is -0.789. The first-order chi connectivity index (χ1) is 12.3. The van der Waals surface area contributed by atoms with Crippen molar-refractivity contribution in [2.24, 2.45) is 5.10 Å². The van der Waals surface area contributed by atoms with Crippen LogP contribution >= 0.6 is 15.9 Å². The van der Waals surface area contributed by atoms with Crippen molar-refractivity contribution in [1.82, 2.24) is 5.43 Å². The van der Waals surface area contributed by atoms with Crippen LogP contribution in [0.4, 0.5) is 5.69 Å². The monoisotopic (exact) mass is 420 g/mol. The number of benzene rings is 2. The van der Waals surface area contributed by atoms with Gasteiger partial charge in [-0.15, -0.1) is 0 Å². The number of nitro benzene ring substituents is 1. The van der Waals surface area contributed by atoms with Gasteiger partial charge in [0, 0.05) is 10.5 Å². The van der Waals surface area contributed by atoms with Crippen LogP contribution in [0.1, 0.15) is 16.7 Å². The lowest BCUT2D eigenvalue weighted by Gasteiger charge is -2.11. The Morgan fingerprint density at radius 1 is 1.35 bits per heavy atom. The number of para-hydroxylation sites is 1. The molecule has 0 spiro atoms. The molecule has 0 unspecified atom stereocenters. The minimum Gasteiger partial charge on any atom is -0.867 e. The van der Waals surface area contributed by atoms with Crippen LogP contribution in [0.3, 0.4) is 0 Å². The molecule has 2 aromatic rings. The largest absolute Gasteiger partial charge is 0.867 e. The van der Waals surface area contributed by atoms with Crippen molar-refractivity contribution < 1.29 is 19.6 Å². The van der Waals surface area contributed by atoms with Gasteiger partial charge >= 0.3 is 0 Å². The maximum Gasteiger partial charge on any atom is 0.277 e. The highest BCUT2D eigenvalue weighted by molar-refractivity contribution is 9.10. The topological polar surface area (TPSA) is 117 Å². The van der Waals surface area contributed by atoms with Gasteiger partial charge in [0.2, 0.25) is 0 Å². The average Bonchev–Trinajstić information content (AvgIpc) is 2.57. The molecule has 0 aliphatic rings. The number of rotatable bonds is 6. The first-order valence-corrected chi connectivity index (χ1v) is 8.24. The normalized spacial score (nSPS) is 10.7. The van der Waals surface area contributed by atoms with E-state index in [2.05, 4.69) is 26.5 Å². The van der Waals surface area contributed by atoms with Gasteiger partial charge in [0.1, 0.15) is 5.75 Å². The van der Waals surface area contributed by atoms with Crippen molar-refractivity contribution in [1.29, 1.82) is 0 Å². The van der Waals surface area contributed by atoms with Crippen molar-refractivity contribution in [2.75, 3.05) is 6.61 Å². The Hall–Kier alpha value is -2.94. The Morgan fingerprint density at radius 2 is 2.00 bits per heavy atom. The maximum atomic E-state index is 11.9. The van der Waals surface area contributed by atoms with E-state index in [0.717, 1.165) is 23.4 Å². The van der Waals surface area contributed by atoms with Crippen LogP contribution in [0.25, 0.3) is 0 Å². The molecule has 0 aliphatic carbocycles. The number of hydrazone groups is 1. The van der Waals surface area contributed by atoms with E-state index < -0.39 is 22.3 Å². The van der Waals surface area contributed by atoms with E-state index in [1.165, 1.54) is 6.07 Å². The summed E-state index contributed by atoms with van der Waals surface area (Å²) in [6.07, 6.45) is 1.05. The summed E-state index contributed by atoms with van der Waals surface area (Å²) in [5.41, 5.74) is 3.42. The van der Waals surface area contributed by atoms with Crippen LogP contribution in [0.5, 0.6) is 11.5 Å². The predicted octanol–water partition coefficient (Wildman–Crippen LogP) is 2.58. The first kappa shape index (κ1) is 19.4. The van der Waals surface area contributed by atoms with Gasteiger partial charge in [-0.25, -0.2) is 5.43 Å². The third-order valence-corrected chi connectivity index (χ3v) is 3.87. The fourth-order valence-electron chi connectivity index (χ4n) is 2.20. The molecule has 26 heavy (non-hydrogen) atoms. The highest BCUT2D eigenvalue weighted by Crippen LogP contribution is 2.30. The fraction of sp³-hybridized carbons (Fsp3) is 0.176. The molecule has 0 saturated heterocycles. The first-order valence-electron chi connectivity index (χ1n) is 7.45. The highest BCUT2D eigenvalue weighted by Gasteiger charge is 2.11. The van der Waals surface area contributed by atoms with E-state index >= 15 is 0 Å². The van der Waals surface area contributed by atoms with Crippen LogP contribution < -0.4 is 15.3 Å². The molecule has 0 heterocycles. The van der Waals surface area contributed by atoms with Gasteiger partial charge in [0.25, 0.3) is 11.6 Å². The molecule has 0 radical (unpaired) electrons. The smallest absolute Gasteiger partial charge is 0.277 e. The quantitative estimate of drug-likeness (QED) is 0.437. The lowest BCUT2D eigenvalue weighted by Crippen LogP contribution is -2.25. The fourth-order valence-corrected chi connectivity index (χ4v) is 2.67. The van der Waals surface area contributed by atoms with Gasteiger partial charge < -0.3 is 9.84 Å². The summed E-state index contributed by atoms with van der Waals surface area (Å²) in [5, 5.41) is 26.4. The van der Waals surface area contributed by atoms with Crippen LogP contribution in [0.15, 0.2) is 39.9 Å². The SMILES string of the molecule is Cc1cccc(C)c1OCC(=O)N/N=C\c1cc(Br)cc([N+](=O)[O-])c1[O-]. The second-order valence-corrected chi connectivity index (χ2v) is 6.32. The van der Waals surface area contributed by atoms with Gasteiger partial charge in [0.05, 0.1) is 11.1 Å². The summed E-state index contributed by atoms with van der Waals surface area (Å²) in [7, 11) is 0. The van der Waals surface area contributed by atoms with Gasteiger partial charge in [-0.3, -0.25) is 14.9 Å². The molecule has 1 N–H and O–H groups in total. The molecular formula is C17H15BrN3O5-. The van der Waals surface area contributed by atoms with Crippen molar-refractivity contribution in [2.45, 2.75) is 13.8 Å². The third kappa shape index (κ3) is 4.79. The number of nitro groups is 1. The van der Waals surface area contributed by atoms with Crippen molar-refractivity contribution in [3.8, 4) is 11.5 Å².